The highest BCUT2D eigenvalue weighted by Gasteiger charge is 2.40. The SMILES string of the molecule is O=C(NC1CC1c1cccc(F)c1)N1CCC(CN2CCOCC2)CC1. The van der Waals surface area contributed by atoms with E-state index < -0.39 is 0 Å². The molecular weight excluding hydrogens is 333 g/mol. The molecule has 4 rings (SSSR count). The van der Waals surface area contributed by atoms with Gasteiger partial charge in [-0.1, -0.05) is 12.1 Å². The Labute approximate surface area is 154 Å². The minimum Gasteiger partial charge on any atom is -0.379 e. The van der Waals surface area contributed by atoms with Gasteiger partial charge >= 0.3 is 6.03 Å². The van der Waals surface area contributed by atoms with Crippen LogP contribution in [0.25, 0.3) is 0 Å². The van der Waals surface area contributed by atoms with Crippen LogP contribution < -0.4 is 5.32 Å². The van der Waals surface area contributed by atoms with Crippen molar-refractivity contribution in [2.45, 2.75) is 31.2 Å². The molecule has 1 N–H and O–H groups in total. The number of benzene rings is 1. The lowest BCUT2D eigenvalue weighted by Gasteiger charge is -2.36. The van der Waals surface area contributed by atoms with E-state index in [4.69, 9.17) is 4.74 Å². The van der Waals surface area contributed by atoms with Crippen molar-refractivity contribution in [3.63, 3.8) is 0 Å². The first-order valence-electron chi connectivity index (χ1n) is 9.80. The minimum absolute atomic E-state index is 0.0405. The van der Waals surface area contributed by atoms with Crippen LogP contribution in [0.5, 0.6) is 0 Å². The molecule has 1 aliphatic carbocycles. The van der Waals surface area contributed by atoms with Gasteiger partial charge in [-0.05, 0) is 42.9 Å². The number of likely N-dealkylation sites (tertiary alicyclic amines) is 1. The van der Waals surface area contributed by atoms with Gasteiger partial charge in [0.25, 0.3) is 0 Å². The molecule has 2 saturated heterocycles. The zero-order valence-corrected chi connectivity index (χ0v) is 15.2. The fraction of sp³-hybridized carbons (Fsp3) is 0.650. The molecule has 5 nitrogen and oxygen atoms in total. The van der Waals surface area contributed by atoms with E-state index in [1.54, 1.807) is 12.1 Å². The number of amides is 2. The molecule has 3 fully saturated rings. The number of morpholine rings is 1. The molecule has 0 bridgehead atoms. The Balaban J connectivity index is 1.19. The van der Waals surface area contributed by atoms with Crippen LogP contribution in [0.1, 0.15) is 30.7 Å². The highest BCUT2D eigenvalue weighted by atomic mass is 19.1. The second-order valence-electron chi connectivity index (χ2n) is 7.80. The maximum absolute atomic E-state index is 13.3. The van der Waals surface area contributed by atoms with E-state index in [0.29, 0.717) is 5.92 Å². The summed E-state index contributed by atoms with van der Waals surface area (Å²) in [6.45, 7) is 6.54. The molecule has 0 aromatic heterocycles. The number of hydrogen-bond donors (Lipinski definition) is 1. The molecule has 3 aliphatic rings. The smallest absolute Gasteiger partial charge is 0.317 e. The lowest BCUT2D eigenvalue weighted by Crippen LogP contribution is -2.47. The maximum Gasteiger partial charge on any atom is 0.317 e. The van der Waals surface area contributed by atoms with Crippen LogP contribution in [0.4, 0.5) is 9.18 Å². The first-order chi connectivity index (χ1) is 12.7. The van der Waals surface area contributed by atoms with Gasteiger partial charge in [-0.15, -0.1) is 0 Å². The molecule has 26 heavy (non-hydrogen) atoms. The monoisotopic (exact) mass is 361 g/mol. The van der Waals surface area contributed by atoms with E-state index in [1.807, 2.05) is 11.0 Å². The Hall–Kier alpha value is -1.66. The summed E-state index contributed by atoms with van der Waals surface area (Å²) in [5.74, 6) is 0.730. The summed E-state index contributed by atoms with van der Waals surface area (Å²) < 4.78 is 18.7. The Morgan fingerprint density at radius 1 is 1.19 bits per heavy atom. The Morgan fingerprint density at radius 2 is 1.96 bits per heavy atom. The Bertz CT molecular complexity index is 627. The van der Waals surface area contributed by atoms with E-state index in [-0.39, 0.29) is 23.8 Å². The number of hydrogen-bond acceptors (Lipinski definition) is 3. The van der Waals surface area contributed by atoms with Crippen molar-refractivity contribution in [2.24, 2.45) is 5.92 Å². The summed E-state index contributed by atoms with van der Waals surface area (Å²) in [6, 6.07) is 6.90. The Kier molecular flexibility index (Phi) is 5.41. The lowest BCUT2D eigenvalue weighted by atomic mass is 9.96. The summed E-state index contributed by atoms with van der Waals surface area (Å²) >= 11 is 0. The number of urea groups is 1. The van der Waals surface area contributed by atoms with Gasteiger partial charge in [0.05, 0.1) is 13.2 Å². The van der Waals surface area contributed by atoms with Crippen LogP contribution in [-0.2, 0) is 4.74 Å². The van der Waals surface area contributed by atoms with E-state index in [9.17, 15) is 9.18 Å². The molecule has 2 heterocycles. The molecule has 0 spiro atoms. The van der Waals surface area contributed by atoms with Gasteiger partial charge in [0, 0.05) is 44.7 Å². The van der Waals surface area contributed by atoms with Gasteiger partial charge in [-0.25, -0.2) is 9.18 Å². The number of nitrogens with zero attached hydrogens (tertiary/aromatic N) is 2. The number of carbonyl (C=O) groups is 1. The zero-order chi connectivity index (χ0) is 17.9. The average molecular weight is 361 g/mol. The van der Waals surface area contributed by atoms with E-state index in [2.05, 4.69) is 10.2 Å². The van der Waals surface area contributed by atoms with Crippen molar-refractivity contribution in [1.29, 1.82) is 0 Å². The summed E-state index contributed by atoms with van der Waals surface area (Å²) in [7, 11) is 0. The third-order valence-electron chi connectivity index (χ3n) is 5.90. The minimum atomic E-state index is -0.207. The predicted molar refractivity (Wildman–Crippen MR) is 97.6 cm³/mol. The molecule has 2 aliphatic heterocycles. The molecule has 6 heteroatoms. The highest BCUT2D eigenvalue weighted by molar-refractivity contribution is 5.75. The first kappa shape index (κ1) is 17.7. The summed E-state index contributed by atoms with van der Waals surface area (Å²) in [6.07, 6.45) is 3.05. The van der Waals surface area contributed by atoms with E-state index >= 15 is 0 Å². The molecule has 0 radical (unpaired) electrons. The predicted octanol–water partition coefficient (Wildman–Crippen LogP) is 2.44. The molecule has 2 amide bonds. The zero-order valence-electron chi connectivity index (χ0n) is 15.2. The highest BCUT2D eigenvalue weighted by Crippen LogP contribution is 2.41. The van der Waals surface area contributed by atoms with Crippen LogP contribution in [0.2, 0.25) is 0 Å². The normalized spacial score (nSPS) is 27.3. The number of ether oxygens (including phenoxy) is 1. The molecular formula is C20H28FN3O2. The van der Waals surface area contributed by atoms with Crippen molar-refractivity contribution in [2.75, 3.05) is 45.9 Å². The fourth-order valence-corrected chi connectivity index (χ4v) is 4.18. The topological polar surface area (TPSA) is 44.8 Å². The van der Waals surface area contributed by atoms with E-state index in [0.717, 1.165) is 70.8 Å². The van der Waals surface area contributed by atoms with Crippen molar-refractivity contribution in [1.82, 2.24) is 15.1 Å². The third kappa shape index (κ3) is 4.35. The van der Waals surface area contributed by atoms with Gasteiger partial charge in [0.15, 0.2) is 0 Å². The summed E-state index contributed by atoms with van der Waals surface area (Å²) in [4.78, 5) is 16.9. The number of carbonyl (C=O) groups excluding carboxylic acids is 1. The van der Waals surface area contributed by atoms with Crippen molar-refractivity contribution >= 4 is 6.03 Å². The second-order valence-corrected chi connectivity index (χ2v) is 7.80. The van der Waals surface area contributed by atoms with Crippen LogP contribution >= 0.6 is 0 Å². The van der Waals surface area contributed by atoms with Gasteiger partial charge < -0.3 is 15.0 Å². The van der Waals surface area contributed by atoms with Gasteiger partial charge in [0.2, 0.25) is 0 Å². The summed E-state index contributed by atoms with van der Waals surface area (Å²) in [5.41, 5.74) is 0.986. The lowest BCUT2D eigenvalue weighted by molar-refractivity contribution is 0.0258. The van der Waals surface area contributed by atoms with Crippen LogP contribution in [-0.4, -0.2) is 67.8 Å². The number of nitrogens with one attached hydrogen (secondary N) is 1. The molecule has 2 atom stereocenters. The number of rotatable bonds is 4. The van der Waals surface area contributed by atoms with Gasteiger partial charge in [-0.3, -0.25) is 4.90 Å². The molecule has 2 unspecified atom stereocenters. The molecule has 1 saturated carbocycles. The van der Waals surface area contributed by atoms with Crippen molar-refractivity contribution in [3.05, 3.63) is 35.6 Å². The van der Waals surface area contributed by atoms with Gasteiger partial charge in [-0.2, -0.15) is 0 Å². The number of halogens is 1. The standard InChI is InChI=1S/C20H28FN3O2/c21-17-3-1-2-16(12-17)18-13-19(18)22-20(25)24-6-4-15(5-7-24)14-23-8-10-26-11-9-23/h1-3,12,15,18-19H,4-11,13-14H2,(H,22,25). The maximum atomic E-state index is 13.3. The van der Waals surface area contributed by atoms with Crippen molar-refractivity contribution in [3.8, 4) is 0 Å². The fourth-order valence-electron chi connectivity index (χ4n) is 4.18. The molecule has 1 aromatic carbocycles. The summed E-state index contributed by atoms with van der Waals surface area (Å²) in [5, 5.41) is 3.13. The molecule has 1 aromatic rings. The molecule has 142 valence electrons. The average Bonchev–Trinajstić information content (AvgIpc) is 3.42. The van der Waals surface area contributed by atoms with Crippen LogP contribution in [0, 0.1) is 11.7 Å². The first-order valence-corrected chi connectivity index (χ1v) is 9.80. The number of piperidine rings is 1. The third-order valence-corrected chi connectivity index (χ3v) is 5.90. The van der Waals surface area contributed by atoms with E-state index in [1.165, 1.54) is 6.07 Å². The quantitative estimate of drug-likeness (QED) is 0.896. The van der Waals surface area contributed by atoms with Gasteiger partial charge in [0.1, 0.15) is 5.82 Å². The van der Waals surface area contributed by atoms with Crippen LogP contribution in [0.3, 0.4) is 0 Å². The van der Waals surface area contributed by atoms with Crippen LogP contribution in [0.15, 0.2) is 24.3 Å². The second kappa shape index (κ2) is 7.92. The largest absolute Gasteiger partial charge is 0.379 e. The van der Waals surface area contributed by atoms with Crippen molar-refractivity contribution < 1.29 is 13.9 Å². The Morgan fingerprint density at radius 3 is 2.69 bits per heavy atom.